The van der Waals surface area contributed by atoms with E-state index in [1.54, 1.807) is 4.31 Å². The van der Waals surface area contributed by atoms with Crippen molar-refractivity contribution in [2.24, 2.45) is 5.73 Å². The van der Waals surface area contributed by atoms with Crippen molar-refractivity contribution in [1.29, 1.82) is 0 Å². The number of sulfonamides is 1. The Morgan fingerprint density at radius 2 is 1.72 bits per heavy atom. The molecule has 2 saturated heterocycles. The molecule has 6 nitrogen and oxygen atoms in total. The summed E-state index contributed by atoms with van der Waals surface area (Å²) in [6, 6.07) is 0. The summed E-state index contributed by atoms with van der Waals surface area (Å²) in [7, 11) is -3.06. The third-order valence-corrected chi connectivity index (χ3v) is 5.49. The van der Waals surface area contributed by atoms with Gasteiger partial charge in [-0.3, -0.25) is 4.90 Å². The van der Waals surface area contributed by atoms with Gasteiger partial charge in [0.25, 0.3) is 0 Å². The third kappa shape index (κ3) is 2.85. The number of rotatable bonds is 3. The Morgan fingerprint density at radius 1 is 1.17 bits per heavy atom. The van der Waals surface area contributed by atoms with Crippen LogP contribution in [0.5, 0.6) is 0 Å². The molecule has 18 heavy (non-hydrogen) atoms. The van der Waals surface area contributed by atoms with Crippen LogP contribution < -0.4 is 5.73 Å². The van der Waals surface area contributed by atoms with Gasteiger partial charge < -0.3 is 10.5 Å². The van der Waals surface area contributed by atoms with E-state index in [1.165, 1.54) is 6.26 Å². The van der Waals surface area contributed by atoms with Crippen LogP contribution in [0.2, 0.25) is 0 Å². The second kappa shape index (κ2) is 5.42. The number of hydrogen-bond acceptors (Lipinski definition) is 5. The average Bonchev–Trinajstić information content (AvgIpc) is 2.39. The van der Waals surface area contributed by atoms with Crippen LogP contribution in [0.15, 0.2) is 0 Å². The molecule has 0 bridgehead atoms. The molecular formula is C11H23N3O3S. The summed E-state index contributed by atoms with van der Waals surface area (Å²) in [5, 5.41) is 0. The fraction of sp³-hybridized carbons (Fsp3) is 1.00. The van der Waals surface area contributed by atoms with Gasteiger partial charge in [-0.05, 0) is 12.8 Å². The molecule has 0 aromatic rings. The molecule has 2 rings (SSSR count). The molecule has 2 N–H and O–H groups in total. The topological polar surface area (TPSA) is 75.9 Å². The lowest BCUT2D eigenvalue weighted by atomic mass is 9.87. The van der Waals surface area contributed by atoms with Crippen molar-refractivity contribution in [2.45, 2.75) is 18.4 Å². The Balaban J connectivity index is 1.99. The third-order valence-electron chi connectivity index (χ3n) is 4.18. The SMILES string of the molecule is CS(=O)(=O)N1CCN(C2(CN)CCOCC2)CC1. The normalized spacial score (nSPS) is 27.2. The second-order valence-corrected chi connectivity index (χ2v) is 7.17. The monoisotopic (exact) mass is 277 g/mol. The summed E-state index contributed by atoms with van der Waals surface area (Å²) in [6.45, 7) is 4.81. The number of ether oxygens (including phenoxy) is 1. The van der Waals surface area contributed by atoms with Gasteiger partial charge in [-0.25, -0.2) is 8.42 Å². The minimum absolute atomic E-state index is 0.0157. The van der Waals surface area contributed by atoms with Gasteiger partial charge in [0.05, 0.1) is 6.26 Å². The molecule has 0 aromatic carbocycles. The number of hydrogen-bond donors (Lipinski definition) is 1. The summed E-state index contributed by atoms with van der Waals surface area (Å²) in [5.74, 6) is 0. The summed E-state index contributed by atoms with van der Waals surface area (Å²) in [4.78, 5) is 2.36. The molecule has 106 valence electrons. The minimum Gasteiger partial charge on any atom is -0.381 e. The van der Waals surface area contributed by atoms with Crippen molar-refractivity contribution in [3.63, 3.8) is 0 Å². The molecule has 0 amide bonds. The zero-order valence-electron chi connectivity index (χ0n) is 11.0. The highest BCUT2D eigenvalue weighted by Gasteiger charge is 2.39. The van der Waals surface area contributed by atoms with Crippen molar-refractivity contribution in [3.05, 3.63) is 0 Å². The van der Waals surface area contributed by atoms with Crippen LogP contribution in [0.3, 0.4) is 0 Å². The van der Waals surface area contributed by atoms with E-state index in [2.05, 4.69) is 4.90 Å². The Bertz CT molecular complexity index is 371. The number of nitrogens with zero attached hydrogens (tertiary/aromatic N) is 2. The Kier molecular flexibility index (Phi) is 4.28. The minimum atomic E-state index is -3.06. The molecule has 0 aliphatic carbocycles. The lowest BCUT2D eigenvalue weighted by molar-refractivity contribution is -0.0351. The van der Waals surface area contributed by atoms with E-state index in [0.29, 0.717) is 19.6 Å². The molecule has 2 heterocycles. The van der Waals surface area contributed by atoms with Crippen LogP contribution in [-0.4, -0.2) is 75.4 Å². The van der Waals surface area contributed by atoms with Gasteiger partial charge in [-0.15, -0.1) is 0 Å². The van der Waals surface area contributed by atoms with Gasteiger partial charge in [0.1, 0.15) is 0 Å². The van der Waals surface area contributed by atoms with Crippen molar-refractivity contribution in [1.82, 2.24) is 9.21 Å². The zero-order chi connectivity index (χ0) is 13.2. The zero-order valence-corrected chi connectivity index (χ0v) is 11.8. The molecule has 0 aromatic heterocycles. The van der Waals surface area contributed by atoms with E-state index >= 15 is 0 Å². The lowest BCUT2D eigenvalue weighted by Gasteiger charge is -2.48. The molecule has 7 heteroatoms. The maximum absolute atomic E-state index is 11.5. The van der Waals surface area contributed by atoms with Gasteiger partial charge in [0.2, 0.25) is 10.0 Å². The first-order valence-corrected chi connectivity index (χ1v) is 8.31. The molecule has 0 atom stereocenters. The first kappa shape index (κ1) is 14.2. The first-order chi connectivity index (χ1) is 8.48. The maximum atomic E-state index is 11.5. The van der Waals surface area contributed by atoms with Crippen LogP contribution in [0.4, 0.5) is 0 Å². The molecule has 0 spiro atoms. The fourth-order valence-corrected chi connectivity index (χ4v) is 3.72. The Hall–Kier alpha value is -0.210. The molecule has 2 fully saturated rings. The Morgan fingerprint density at radius 3 is 2.17 bits per heavy atom. The van der Waals surface area contributed by atoms with Crippen LogP contribution in [-0.2, 0) is 14.8 Å². The predicted molar refractivity (Wildman–Crippen MR) is 69.8 cm³/mol. The van der Waals surface area contributed by atoms with Crippen molar-refractivity contribution >= 4 is 10.0 Å². The number of piperazine rings is 1. The van der Waals surface area contributed by atoms with Gasteiger partial charge in [-0.1, -0.05) is 0 Å². The van der Waals surface area contributed by atoms with Gasteiger partial charge in [0.15, 0.2) is 0 Å². The van der Waals surface area contributed by atoms with E-state index < -0.39 is 10.0 Å². The smallest absolute Gasteiger partial charge is 0.211 e. The van der Waals surface area contributed by atoms with Crippen molar-refractivity contribution in [3.8, 4) is 0 Å². The second-order valence-electron chi connectivity index (χ2n) is 5.19. The van der Waals surface area contributed by atoms with Crippen molar-refractivity contribution in [2.75, 3.05) is 52.2 Å². The van der Waals surface area contributed by atoms with Crippen molar-refractivity contribution < 1.29 is 13.2 Å². The highest BCUT2D eigenvalue weighted by atomic mass is 32.2. The standard InChI is InChI=1S/C11H23N3O3S/c1-18(15,16)14-6-4-13(5-7-14)11(10-12)2-8-17-9-3-11/h2-10,12H2,1H3. The van der Waals surface area contributed by atoms with Gasteiger partial charge >= 0.3 is 0 Å². The highest BCUT2D eigenvalue weighted by Crippen LogP contribution is 2.28. The van der Waals surface area contributed by atoms with Crippen LogP contribution >= 0.6 is 0 Å². The van der Waals surface area contributed by atoms with E-state index in [0.717, 1.165) is 39.1 Å². The predicted octanol–water partition coefficient (Wildman–Crippen LogP) is -0.928. The number of nitrogens with two attached hydrogens (primary N) is 1. The van der Waals surface area contributed by atoms with Gasteiger partial charge in [0, 0.05) is 51.5 Å². The average molecular weight is 277 g/mol. The van der Waals surface area contributed by atoms with Crippen LogP contribution in [0, 0.1) is 0 Å². The van der Waals surface area contributed by atoms with Crippen LogP contribution in [0.1, 0.15) is 12.8 Å². The highest BCUT2D eigenvalue weighted by molar-refractivity contribution is 7.88. The first-order valence-electron chi connectivity index (χ1n) is 6.46. The summed E-state index contributed by atoms with van der Waals surface area (Å²) in [6.07, 6.45) is 3.17. The fourth-order valence-electron chi connectivity index (χ4n) is 2.89. The molecule has 0 unspecified atom stereocenters. The molecule has 0 saturated carbocycles. The summed E-state index contributed by atoms with van der Waals surface area (Å²) < 4.78 is 29.9. The molecule has 2 aliphatic rings. The lowest BCUT2D eigenvalue weighted by Crippen LogP contribution is -2.62. The quantitative estimate of drug-likeness (QED) is 0.721. The molecule has 0 radical (unpaired) electrons. The summed E-state index contributed by atoms with van der Waals surface area (Å²) >= 11 is 0. The largest absolute Gasteiger partial charge is 0.381 e. The van der Waals surface area contributed by atoms with E-state index in [4.69, 9.17) is 10.5 Å². The van der Waals surface area contributed by atoms with E-state index in [-0.39, 0.29) is 5.54 Å². The molecule has 2 aliphatic heterocycles. The molecular weight excluding hydrogens is 254 g/mol. The Labute approximate surface area is 109 Å². The van der Waals surface area contributed by atoms with E-state index in [9.17, 15) is 8.42 Å². The van der Waals surface area contributed by atoms with Crippen LogP contribution in [0.25, 0.3) is 0 Å². The maximum Gasteiger partial charge on any atom is 0.211 e. The van der Waals surface area contributed by atoms with E-state index in [1.807, 2.05) is 0 Å². The summed E-state index contributed by atoms with van der Waals surface area (Å²) in [5.41, 5.74) is 5.98. The van der Waals surface area contributed by atoms with Gasteiger partial charge in [-0.2, -0.15) is 4.31 Å².